The summed E-state index contributed by atoms with van der Waals surface area (Å²) in [6, 6.07) is 0. The summed E-state index contributed by atoms with van der Waals surface area (Å²) in [5.74, 6) is -2.54. The maximum atomic E-state index is 13.2. The first-order valence-electron chi connectivity index (χ1n) is 42.9. The van der Waals surface area contributed by atoms with Crippen molar-refractivity contribution in [3.8, 4) is 0 Å². The molecule has 5 atom stereocenters. The summed E-state index contributed by atoms with van der Waals surface area (Å²) in [5, 5.41) is 10.7. The molecule has 19 heteroatoms. The van der Waals surface area contributed by atoms with Gasteiger partial charge in [-0.15, -0.1) is 0 Å². The van der Waals surface area contributed by atoms with E-state index in [4.69, 9.17) is 37.0 Å². The minimum Gasteiger partial charge on any atom is -0.462 e. The van der Waals surface area contributed by atoms with E-state index in [1.165, 1.54) is 38.5 Å². The molecule has 116 heavy (non-hydrogen) atoms. The van der Waals surface area contributed by atoms with Gasteiger partial charge in [-0.2, -0.15) is 0 Å². The van der Waals surface area contributed by atoms with Gasteiger partial charge in [0.25, 0.3) is 0 Å². The van der Waals surface area contributed by atoms with Gasteiger partial charge in [0.15, 0.2) is 12.2 Å². The standard InChI is InChI=1S/C97H148O17P2/c1-5-9-13-17-21-25-29-33-37-41-45-49-53-57-61-65-69-73-77-81-94(99)107-87-92(113-96(101)83-79-75-71-67-63-59-55-51-47-43-39-35-31-27-23-19-15-11-7-3)89-111-115(103,104)109-85-91(98)86-110-116(105,106)112-90-93(114-97(102)84-80-76-72-68-64-60-56-52-48-44-40-36-32-28-24-20-16-12-8-4)88-108-95(100)82-78-74-70-66-62-58-54-50-46-42-38-34-30-26-22-18-14-10-6-2/h9,12-13,16,21-28,33-40,45-52,57-64,69-71,73-75,91-93,98H,5-8,10-11,14-15,17-20,29-32,41-44,53-56,65-68,72,76-90H2,1-4H3,(H,103,104)(H,105,106)/b13-9-,16-12-,25-21-,26-22-,27-23-,28-24-,37-33-,38-34-,39-35-,40-36-,49-45-,50-46-,51-47-,52-48-,61-57-,62-58-,63-59-,64-60-,73-69-,74-70-,75-71-/t91-,92-,93-/m1/s1. The summed E-state index contributed by atoms with van der Waals surface area (Å²) in [5.41, 5.74) is 0. The monoisotopic (exact) mass is 1650 g/mol. The highest BCUT2D eigenvalue weighted by Gasteiger charge is 2.30. The van der Waals surface area contributed by atoms with Crippen LogP contribution in [0.4, 0.5) is 0 Å². The molecule has 0 bridgehead atoms. The molecular weight excluding hydrogens is 1500 g/mol. The van der Waals surface area contributed by atoms with E-state index in [2.05, 4.69) is 228 Å². The maximum Gasteiger partial charge on any atom is 0.472 e. The Labute approximate surface area is 700 Å². The Kier molecular flexibility index (Phi) is 80.0. The van der Waals surface area contributed by atoms with E-state index in [-0.39, 0.29) is 25.7 Å². The molecular formula is C97H148O17P2. The van der Waals surface area contributed by atoms with Crippen molar-refractivity contribution in [2.75, 3.05) is 39.6 Å². The molecule has 2 unspecified atom stereocenters. The molecule has 17 nitrogen and oxygen atoms in total. The Morgan fingerprint density at radius 1 is 0.250 bits per heavy atom. The Morgan fingerprint density at radius 3 is 0.724 bits per heavy atom. The number of rotatable bonds is 77. The van der Waals surface area contributed by atoms with Gasteiger partial charge in [-0.05, 0) is 186 Å². The van der Waals surface area contributed by atoms with E-state index >= 15 is 0 Å². The molecule has 0 aliphatic rings. The van der Waals surface area contributed by atoms with Crippen LogP contribution in [0.3, 0.4) is 0 Å². The van der Waals surface area contributed by atoms with Crippen LogP contribution in [-0.4, -0.2) is 96.7 Å². The van der Waals surface area contributed by atoms with Crippen LogP contribution >= 0.6 is 15.6 Å². The Bertz CT molecular complexity index is 3210. The summed E-state index contributed by atoms with van der Waals surface area (Å²) in [6.07, 6.45) is 114. The Balaban J connectivity index is 5.67. The van der Waals surface area contributed by atoms with E-state index in [1.54, 1.807) is 0 Å². The van der Waals surface area contributed by atoms with Crippen LogP contribution in [-0.2, 0) is 65.4 Å². The van der Waals surface area contributed by atoms with Crippen molar-refractivity contribution < 1.29 is 80.2 Å². The zero-order chi connectivity index (χ0) is 84.5. The second kappa shape index (κ2) is 85.5. The number of unbranched alkanes of at least 4 members (excludes halogenated alkanes) is 9. The number of hydrogen-bond donors (Lipinski definition) is 3. The molecule has 0 amide bonds. The number of carbonyl (C=O) groups is 4. The average Bonchev–Trinajstić information content (AvgIpc) is 0.898. The second-order valence-electron chi connectivity index (χ2n) is 27.3. The van der Waals surface area contributed by atoms with Crippen molar-refractivity contribution in [3.05, 3.63) is 255 Å². The van der Waals surface area contributed by atoms with Gasteiger partial charge in [0.1, 0.15) is 19.3 Å². The second-order valence-corrected chi connectivity index (χ2v) is 30.2. The number of aliphatic hydroxyl groups excluding tert-OH is 1. The van der Waals surface area contributed by atoms with Crippen LogP contribution in [0, 0.1) is 0 Å². The van der Waals surface area contributed by atoms with Gasteiger partial charge in [0.2, 0.25) is 0 Å². The van der Waals surface area contributed by atoms with Gasteiger partial charge in [-0.3, -0.25) is 37.3 Å². The molecule has 648 valence electrons. The summed E-state index contributed by atoms with van der Waals surface area (Å²) in [6.45, 7) is 4.25. The summed E-state index contributed by atoms with van der Waals surface area (Å²) < 4.78 is 68.5. The highest BCUT2D eigenvalue weighted by Crippen LogP contribution is 2.45. The highest BCUT2D eigenvalue weighted by atomic mass is 31.2. The minimum atomic E-state index is -5.04. The van der Waals surface area contributed by atoms with Gasteiger partial charge in [-0.1, -0.05) is 315 Å². The van der Waals surface area contributed by atoms with Crippen LogP contribution in [0.15, 0.2) is 255 Å². The molecule has 0 saturated carbocycles. The molecule has 0 aliphatic carbocycles. The fourth-order valence-electron chi connectivity index (χ4n) is 10.1. The molecule has 0 aromatic heterocycles. The molecule has 0 rings (SSSR count). The van der Waals surface area contributed by atoms with E-state index in [0.29, 0.717) is 44.9 Å². The van der Waals surface area contributed by atoms with Crippen LogP contribution in [0.25, 0.3) is 0 Å². The number of ether oxygens (including phenoxy) is 4. The lowest BCUT2D eigenvalue weighted by Crippen LogP contribution is -2.30. The van der Waals surface area contributed by atoms with Crippen LogP contribution in [0.2, 0.25) is 0 Å². The third-order valence-corrected chi connectivity index (χ3v) is 18.4. The fourth-order valence-corrected chi connectivity index (χ4v) is 11.6. The molecule has 0 radical (unpaired) electrons. The lowest BCUT2D eigenvalue weighted by molar-refractivity contribution is -0.161. The first-order chi connectivity index (χ1) is 56.7. The zero-order valence-electron chi connectivity index (χ0n) is 71.0. The Hall–Kier alpha value is -7.40. The van der Waals surface area contributed by atoms with Crippen molar-refractivity contribution in [1.82, 2.24) is 0 Å². The first kappa shape index (κ1) is 109. The van der Waals surface area contributed by atoms with Gasteiger partial charge in [0, 0.05) is 25.7 Å². The number of aliphatic hydroxyl groups is 1. The third kappa shape index (κ3) is 84.5. The van der Waals surface area contributed by atoms with Gasteiger partial charge < -0.3 is 33.8 Å². The van der Waals surface area contributed by atoms with Crippen LogP contribution in [0.1, 0.15) is 272 Å². The molecule has 0 saturated heterocycles. The van der Waals surface area contributed by atoms with Gasteiger partial charge >= 0.3 is 39.5 Å². The third-order valence-electron chi connectivity index (χ3n) is 16.5. The zero-order valence-corrected chi connectivity index (χ0v) is 72.8. The number of phosphoric acid groups is 2. The van der Waals surface area contributed by atoms with E-state index in [9.17, 15) is 43.2 Å². The topological polar surface area (TPSA) is 237 Å². The molecule has 0 aliphatic heterocycles. The fraction of sp³-hybridized carbons (Fsp3) is 0.526. The summed E-state index contributed by atoms with van der Waals surface area (Å²) in [4.78, 5) is 73.2. The summed E-state index contributed by atoms with van der Waals surface area (Å²) in [7, 11) is -10.1. The van der Waals surface area contributed by atoms with Crippen LogP contribution in [0.5, 0.6) is 0 Å². The van der Waals surface area contributed by atoms with E-state index in [0.717, 1.165) is 135 Å². The van der Waals surface area contributed by atoms with E-state index in [1.807, 2.05) is 54.7 Å². The number of phosphoric ester groups is 2. The predicted octanol–water partition coefficient (Wildman–Crippen LogP) is 26.1. The molecule has 0 aromatic rings. The number of allylic oxidation sites excluding steroid dienone is 42. The first-order valence-corrected chi connectivity index (χ1v) is 45.9. The van der Waals surface area contributed by atoms with Crippen LogP contribution < -0.4 is 0 Å². The number of esters is 4. The largest absolute Gasteiger partial charge is 0.472 e. The number of carbonyl (C=O) groups excluding carboxylic acids is 4. The van der Waals surface area contributed by atoms with Crippen molar-refractivity contribution in [3.63, 3.8) is 0 Å². The molecule has 0 fully saturated rings. The molecule has 0 aromatic carbocycles. The SMILES string of the molecule is CC/C=C\C/C=C\C/C=C\C/C=C\C/C=C\C/C=C\CCC(=O)OC[C@H](COP(=O)(O)OC[C@@H](O)COP(=O)(O)OC[C@@H](COC(=O)CC/C=C\C/C=C\C/C=C\C/C=C\C/C=C\CCCCC)OC(=O)CCCCC/C=C\C/C=C\C/C=C\C/C=C\C/C=C\CC)OC(=O)CC/C=C\C/C=C\C/C=C\C/C=C\C/C=C\CCCCC. The van der Waals surface area contributed by atoms with Gasteiger partial charge in [-0.25, -0.2) is 9.13 Å². The average molecular weight is 1650 g/mol. The molecule has 0 spiro atoms. The lowest BCUT2D eigenvalue weighted by Gasteiger charge is -2.21. The van der Waals surface area contributed by atoms with Crippen molar-refractivity contribution >= 4 is 39.5 Å². The van der Waals surface area contributed by atoms with Gasteiger partial charge in [0.05, 0.1) is 26.4 Å². The smallest absolute Gasteiger partial charge is 0.462 e. The summed E-state index contributed by atoms with van der Waals surface area (Å²) >= 11 is 0. The highest BCUT2D eigenvalue weighted by molar-refractivity contribution is 7.47. The van der Waals surface area contributed by atoms with E-state index < -0.39 is 97.5 Å². The van der Waals surface area contributed by atoms with Crippen molar-refractivity contribution in [2.45, 2.75) is 290 Å². The number of hydrogen-bond acceptors (Lipinski definition) is 15. The van der Waals surface area contributed by atoms with Crippen molar-refractivity contribution in [1.29, 1.82) is 0 Å². The quantitative estimate of drug-likeness (QED) is 0.0169. The lowest BCUT2D eigenvalue weighted by atomic mass is 10.1. The predicted molar refractivity (Wildman–Crippen MR) is 481 cm³/mol. The molecule has 0 heterocycles. The van der Waals surface area contributed by atoms with Crippen molar-refractivity contribution in [2.24, 2.45) is 0 Å². The Morgan fingerprint density at radius 2 is 0.466 bits per heavy atom. The molecule has 3 N–H and O–H groups in total. The normalized spacial score (nSPS) is 15.0. The minimum absolute atomic E-state index is 0.00654. The maximum absolute atomic E-state index is 13.2.